The van der Waals surface area contributed by atoms with Crippen molar-refractivity contribution >= 4 is 8.32 Å². The zero-order chi connectivity index (χ0) is 23.3. The quantitative estimate of drug-likeness (QED) is 0.242. The lowest BCUT2D eigenvalue weighted by Crippen LogP contribution is -2.49. The van der Waals surface area contributed by atoms with Gasteiger partial charge in [-0.15, -0.1) is 0 Å². The van der Waals surface area contributed by atoms with Gasteiger partial charge in [0, 0.05) is 17.9 Å². The molecular weight excluding hydrogens is 404 g/mol. The van der Waals surface area contributed by atoms with E-state index in [1.54, 1.807) is 0 Å². The van der Waals surface area contributed by atoms with Gasteiger partial charge < -0.3 is 19.4 Å². The Balaban J connectivity index is 1.91. The third-order valence-electron chi connectivity index (χ3n) is 7.97. The summed E-state index contributed by atoms with van der Waals surface area (Å²) in [6.45, 7) is 18.3. The van der Waals surface area contributed by atoms with Crippen LogP contribution in [0.3, 0.4) is 0 Å². The van der Waals surface area contributed by atoms with Crippen LogP contribution < -0.4 is 0 Å². The van der Waals surface area contributed by atoms with E-state index in [2.05, 4.69) is 67.5 Å². The highest BCUT2D eigenvalue weighted by molar-refractivity contribution is 6.77. The van der Waals surface area contributed by atoms with Gasteiger partial charge in [-0.1, -0.05) is 73.5 Å². The first-order chi connectivity index (χ1) is 14.6. The molecule has 2 rings (SSSR count). The van der Waals surface area contributed by atoms with Crippen LogP contribution in [0.4, 0.5) is 0 Å². The standard InChI is InChI=1S/C26H50O4Si/c1-9-10-13-21(27)25-23-15-16-24(29-23)26(25)22(28)14-11-12-20(8)30-31(17(2)3,18(4)5)19(6)7/h15-28H,9-14H2,1-8H3/t20?,21-,22-,23+,24-,25+,26-/m1/s1. The van der Waals surface area contributed by atoms with Gasteiger partial charge in [-0.05, 0) is 49.2 Å². The van der Waals surface area contributed by atoms with E-state index >= 15 is 0 Å². The van der Waals surface area contributed by atoms with Gasteiger partial charge in [-0.25, -0.2) is 0 Å². The topological polar surface area (TPSA) is 58.9 Å². The summed E-state index contributed by atoms with van der Waals surface area (Å²) in [6.07, 6.45) is 9.02. The van der Waals surface area contributed by atoms with Gasteiger partial charge in [0.2, 0.25) is 8.32 Å². The second-order valence-electron chi connectivity index (χ2n) is 11.1. The van der Waals surface area contributed by atoms with Gasteiger partial charge in [-0.3, -0.25) is 0 Å². The summed E-state index contributed by atoms with van der Waals surface area (Å²) < 4.78 is 12.9. The molecule has 1 saturated heterocycles. The average Bonchev–Trinajstić information content (AvgIpc) is 3.30. The SMILES string of the molecule is CCCC[C@@H](O)[C@@H]1[C@H]([C@H](O)CCCC(C)O[Si](C(C)C)(C(C)C)C(C)C)[C@H]2C=C[C@@H]1O2. The van der Waals surface area contributed by atoms with Crippen LogP contribution in [0, 0.1) is 11.8 Å². The molecule has 0 radical (unpaired) electrons. The van der Waals surface area contributed by atoms with Crippen molar-refractivity contribution in [1.82, 2.24) is 0 Å². The van der Waals surface area contributed by atoms with Crippen LogP contribution in [0.15, 0.2) is 12.2 Å². The summed E-state index contributed by atoms with van der Waals surface area (Å²) in [4.78, 5) is 0. The molecule has 0 spiro atoms. The Morgan fingerprint density at radius 1 is 0.774 bits per heavy atom. The summed E-state index contributed by atoms with van der Waals surface area (Å²) in [5.74, 6) is 0.0293. The van der Waals surface area contributed by atoms with Crippen molar-refractivity contribution in [1.29, 1.82) is 0 Å². The van der Waals surface area contributed by atoms with Crippen LogP contribution in [-0.4, -0.2) is 49.1 Å². The first-order valence-electron chi connectivity index (χ1n) is 12.9. The van der Waals surface area contributed by atoms with Crippen LogP contribution in [0.2, 0.25) is 16.6 Å². The second-order valence-corrected chi connectivity index (χ2v) is 16.5. The highest BCUT2D eigenvalue weighted by atomic mass is 28.4. The van der Waals surface area contributed by atoms with Gasteiger partial charge in [0.1, 0.15) is 0 Å². The molecule has 0 aromatic rings. The zero-order valence-corrected chi connectivity index (χ0v) is 22.4. The lowest BCUT2D eigenvalue weighted by Gasteiger charge is -2.44. The Kier molecular flexibility index (Phi) is 10.3. The Bertz CT molecular complexity index is 540. The summed E-state index contributed by atoms with van der Waals surface area (Å²) in [6, 6.07) is 0. The van der Waals surface area contributed by atoms with Crippen molar-refractivity contribution in [2.75, 3.05) is 0 Å². The van der Waals surface area contributed by atoms with Crippen LogP contribution in [-0.2, 0) is 9.16 Å². The van der Waals surface area contributed by atoms with Crippen molar-refractivity contribution in [3.05, 3.63) is 12.2 Å². The molecule has 2 bridgehead atoms. The predicted molar refractivity (Wildman–Crippen MR) is 132 cm³/mol. The fourth-order valence-electron chi connectivity index (χ4n) is 6.55. The van der Waals surface area contributed by atoms with Crippen molar-refractivity contribution in [3.63, 3.8) is 0 Å². The molecule has 7 atom stereocenters. The van der Waals surface area contributed by atoms with Crippen molar-refractivity contribution < 1.29 is 19.4 Å². The van der Waals surface area contributed by atoms with Crippen molar-refractivity contribution in [3.8, 4) is 0 Å². The van der Waals surface area contributed by atoms with Gasteiger partial charge in [-0.2, -0.15) is 0 Å². The maximum absolute atomic E-state index is 11.1. The second kappa shape index (κ2) is 11.8. The van der Waals surface area contributed by atoms with E-state index in [4.69, 9.17) is 9.16 Å². The monoisotopic (exact) mass is 454 g/mol. The molecule has 2 aliphatic rings. The van der Waals surface area contributed by atoms with Crippen LogP contribution in [0.25, 0.3) is 0 Å². The molecule has 0 aromatic carbocycles. The third kappa shape index (κ3) is 6.03. The number of ether oxygens (including phenoxy) is 1. The molecule has 1 fully saturated rings. The number of hydrogen-bond acceptors (Lipinski definition) is 4. The van der Waals surface area contributed by atoms with E-state index in [9.17, 15) is 10.2 Å². The van der Waals surface area contributed by atoms with Crippen molar-refractivity contribution in [2.45, 2.75) is 141 Å². The van der Waals surface area contributed by atoms with E-state index in [0.717, 1.165) is 38.5 Å². The maximum atomic E-state index is 11.1. The Morgan fingerprint density at radius 2 is 1.23 bits per heavy atom. The molecule has 5 heteroatoms. The van der Waals surface area contributed by atoms with E-state index in [0.29, 0.717) is 16.6 Å². The molecular formula is C26H50O4Si. The minimum Gasteiger partial charge on any atom is -0.413 e. The van der Waals surface area contributed by atoms with Gasteiger partial charge >= 0.3 is 0 Å². The highest BCUT2D eigenvalue weighted by Gasteiger charge is 2.51. The van der Waals surface area contributed by atoms with Crippen molar-refractivity contribution in [2.24, 2.45) is 11.8 Å². The molecule has 2 N–H and O–H groups in total. The lowest BCUT2D eigenvalue weighted by atomic mass is 9.74. The number of unbranched alkanes of at least 4 members (excludes halogenated alkanes) is 1. The number of aliphatic hydroxyl groups is 2. The molecule has 182 valence electrons. The molecule has 4 nitrogen and oxygen atoms in total. The van der Waals surface area contributed by atoms with Crippen LogP contribution in [0.5, 0.6) is 0 Å². The van der Waals surface area contributed by atoms with E-state index in [1.807, 2.05) is 0 Å². The molecule has 2 aliphatic heterocycles. The number of hydrogen-bond donors (Lipinski definition) is 2. The number of fused-ring (bicyclic) bond motifs is 2. The average molecular weight is 455 g/mol. The van der Waals surface area contributed by atoms with Crippen LogP contribution >= 0.6 is 0 Å². The minimum atomic E-state index is -1.87. The molecule has 0 aromatic heterocycles. The summed E-state index contributed by atoms with van der Waals surface area (Å²) in [5, 5.41) is 21.8. The Hall–Kier alpha value is -0.203. The molecule has 0 aliphatic carbocycles. The summed E-state index contributed by atoms with van der Waals surface area (Å²) >= 11 is 0. The van der Waals surface area contributed by atoms with E-state index in [1.165, 1.54) is 0 Å². The molecule has 1 unspecified atom stereocenters. The van der Waals surface area contributed by atoms with E-state index in [-0.39, 0.29) is 30.1 Å². The maximum Gasteiger partial charge on any atom is 0.200 e. The van der Waals surface area contributed by atoms with Crippen LogP contribution in [0.1, 0.15) is 93.9 Å². The molecule has 31 heavy (non-hydrogen) atoms. The fraction of sp³-hybridized carbons (Fsp3) is 0.923. The largest absolute Gasteiger partial charge is 0.413 e. The predicted octanol–water partition coefficient (Wildman–Crippen LogP) is 6.22. The Morgan fingerprint density at radius 3 is 1.65 bits per heavy atom. The van der Waals surface area contributed by atoms with E-state index < -0.39 is 20.5 Å². The highest BCUT2D eigenvalue weighted by Crippen LogP contribution is 2.45. The first kappa shape index (κ1) is 27.0. The smallest absolute Gasteiger partial charge is 0.200 e. The summed E-state index contributed by atoms with van der Waals surface area (Å²) in [5.41, 5.74) is 1.76. The normalized spacial score (nSPS) is 28.8. The van der Waals surface area contributed by atoms with Gasteiger partial charge in [0.05, 0.1) is 24.4 Å². The zero-order valence-electron chi connectivity index (χ0n) is 21.4. The van der Waals surface area contributed by atoms with Gasteiger partial charge in [0.25, 0.3) is 0 Å². The fourth-order valence-corrected chi connectivity index (χ4v) is 12.2. The number of aliphatic hydroxyl groups excluding tert-OH is 2. The first-order valence-corrected chi connectivity index (χ1v) is 15.1. The molecule has 0 amide bonds. The third-order valence-corrected chi connectivity index (χ3v) is 14.2. The molecule has 0 saturated carbocycles. The summed E-state index contributed by atoms with van der Waals surface area (Å²) in [7, 11) is -1.87. The minimum absolute atomic E-state index is 0.00791. The van der Waals surface area contributed by atoms with Gasteiger partial charge in [0.15, 0.2) is 0 Å². The Labute approximate surface area is 192 Å². The lowest BCUT2D eigenvalue weighted by molar-refractivity contribution is 0.00755. The number of rotatable bonds is 14. The molecule has 2 heterocycles.